The first-order valence-electron chi connectivity index (χ1n) is 4.15. The van der Waals surface area contributed by atoms with Crippen molar-refractivity contribution in [2.24, 2.45) is 0 Å². The van der Waals surface area contributed by atoms with Gasteiger partial charge in [0, 0.05) is 6.54 Å². The van der Waals surface area contributed by atoms with Gasteiger partial charge in [-0.2, -0.15) is 0 Å². The first-order valence-corrected chi connectivity index (χ1v) is 4.94. The molecule has 0 radical (unpaired) electrons. The van der Waals surface area contributed by atoms with Gasteiger partial charge >= 0.3 is 5.97 Å². The maximum atomic E-state index is 11.4. The van der Waals surface area contributed by atoms with E-state index in [2.05, 4.69) is 25.7 Å². The summed E-state index contributed by atoms with van der Waals surface area (Å²) in [6.45, 7) is 1.67. The lowest BCUT2D eigenvalue weighted by atomic mass is 10.4. The molecule has 5 nitrogen and oxygen atoms in total. The minimum absolute atomic E-state index is 0.377. The molecule has 14 heavy (non-hydrogen) atoms. The number of esters is 1. The third kappa shape index (κ3) is 1.44. The highest BCUT2D eigenvalue weighted by Crippen LogP contribution is 2.21. The minimum Gasteiger partial charge on any atom is -0.464 e. The van der Waals surface area contributed by atoms with Crippen LogP contribution < -0.4 is 0 Å². The number of fused-ring (bicyclic) bond motifs is 1. The van der Waals surface area contributed by atoms with E-state index in [0.29, 0.717) is 30.1 Å². The summed E-state index contributed by atoms with van der Waals surface area (Å²) >= 11 is 3.23. The molecule has 1 aromatic rings. The molecule has 0 amide bonds. The highest BCUT2D eigenvalue weighted by molar-refractivity contribution is 9.10. The van der Waals surface area contributed by atoms with Crippen LogP contribution >= 0.6 is 15.9 Å². The zero-order chi connectivity index (χ0) is 10.1. The van der Waals surface area contributed by atoms with Crippen LogP contribution in [-0.4, -0.2) is 29.2 Å². The van der Waals surface area contributed by atoms with Crippen LogP contribution in [0.3, 0.4) is 0 Å². The summed E-state index contributed by atoms with van der Waals surface area (Å²) in [4.78, 5) is 15.6. The Kier molecular flexibility index (Phi) is 2.56. The SMILES string of the molecule is COC(=O)c1c(Br)nc2n1CCOC2. The second kappa shape index (κ2) is 3.70. The number of aromatic nitrogens is 2. The van der Waals surface area contributed by atoms with Gasteiger partial charge in [-0.1, -0.05) is 0 Å². The van der Waals surface area contributed by atoms with E-state index in [-0.39, 0.29) is 5.97 Å². The summed E-state index contributed by atoms with van der Waals surface area (Å²) in [6.07, 6.45) is 0. The van der Waals surface area contributed by atoms with Crippen molar-refractivity contribution in [2.45, 2.75) is 13.2 Å². The maximum Gasteiger partial charge on any atom is 0.357 e. The highest BCUT2D eigenvalue weighted by atomic mass is 79.9. The second-order valence-electron chi connectivity index (χ2n) is 2.86. The van der Waals surface area contributed by atoms with Crippen LogP contribution in [0.15, 0.2) is 4.60 Å². The van der Waals surface area contributed by atoms with Gasteiger partial charge in [-0.25, -0.2) is 9.78 Å². The average molecular weight is 261 g/mol. The van der Waals surface area contributed by atoms with Crippen molar-refractivity contribution in [1.29, 1.82) is 0 Å². The van der Waals surface area contributed by atoms with Gasteiger partial charge in [-0.3, -0.25) is 0 Å². The Labute approximate surface area is 89.1 Å². The number of rotatable bonds is 1. The van der Waals surface area contributed by atoms with Crippen molar-refractivity contribution >= 4 is 21.9 Å². The molecule has 0 bridgehead atoms. The van der Waals surface area contributed by atoms with E-state index in [4.69, 9.17) is 4.74 Å². The molecule has 76 valence electrons. The van der Waals surface area contributed by atoms with E-state index in [1.807, 2.05) is 4.57 Å². The van der Waals surface area contributed by atoms with Crippen molar-refractivity contribution < 1.29 is 14.3 Å². The van der Waals surface area contributed by atoms with Gasteiger partial charge in [0.25, 0.3) is 0 Å². The van der Waals surface area contributed by atoms with Gasteiger partial charge in [0.15, 0.2) is 5.69 Å². The number of imidazole rings is 1. The number of hydrogen-bond donors (Lipinski definition) is 0. The van der Waals surface area contributed by atoms with E-state index < -0.39 is 0 Å². The first-order chi connectivity index (χ1) is 6.74. The quantitative estimate of drug-likeness (QED) is 0.706. The van der Waals surface area contributed by atoms with Crippen molar-refractivity contribution in [1.82, 2.24) is 9.55 Å². The number of nitrogens with zero attached hydrogens (tertiary/aromatic N) is 2. The van der Waals surface area contributed by atoms with Gasteiger partial charge in [-0.05, 0) is 15.9 Å². The molecule has 1 aliphatic heterocycles. The Morgan fingerprint density at radius 3 is 3.21 bits per heavy atom. The van der Waals surface area contributed by atoms with Crippen LogP contribution in [0.2, 0.25) is 0 Å². The van der Waals surface area contributed by atoms with Gasteiger partial charge in [0.05, 0.1) is 13.7 Å². The number of halogens is 1. The number of hydrogen-bond acceptors (Lipinski definition) is 4. The number of ether oxygens (including phenoxy) is 2. The molecule has 0 saturated carbocycles. The zero-order valence-corrected chi connectivity index (χ0v) is 9.20. The average Bonchev–Trinajstić information content (AvgIpc) is 2.53. The lowest BCUT2D eigenvalue weighted by molar-refractivity contribution is 0.0557. The van der Waals surface area contributed by atoms with E-state index in [0.717, 1.165) is 5.82 Å². The van der Waals surface area contributed by atoms with Gasteiger partial charge < -0.3 is 14.0 Å². The summed E-state index contributed by atoms with van der Waals surface area (Å²) in [5, 5.41) is 0. The molecule has 6 heteroatoms. The summed E-state index contributed by atoms with van der Waals surface area (Å²) in [5.41, 5.74) is 0.464. The van der Waals surface area contributed by atoms with Gasteiger partial charge in [0.1, 0.15) is 17.0 Å². The monoisotopic (exact) mass is 260 g/mol. The van der Waals surface area contributed by atoms with Crippen LogP contribution in [0.1, 0.15) is 16.3 Å². The zero-order valence-electron chi connectivity index (χ0n) is 7.62. The van der Waals surface area contributed by atoms with Crippen LogP contribution in [0.5, 0.6) is 0 Å². The number of carbonyl (C=O) groups excluding carboxylic acids is 1. The fourth-order valence-electron chi connectivity index (χ4n) is 1.43. The van der Waals surface area contributed by atoms with E-state index in [1.54, 1.807) is 0 Å². The van der Waals surface area contributed by atoms with Crippen LogP contribution in [-0.2, 0) is 22.6 Å². The predicted molar refractivity (Wildman–Crippen MR) is 50.9 cm³/mol. The van der Waals surface area contributed by atoms with Gasteiger partial charge in [-0.15, -0.1) is 0 Å². The third-order valence-corrected chi connectivity index (χ3v) is 2.63. The Hall–Kier alpha value is -0.880. The fraction of sp³-hybridized carbons (Fsp3) is 0.500. The molecule has 0 aromatic carbocycles. The maximum absolute atomic E-state index is 11.4. The number of carbonyl (C=O) groups is 1. The normalized spacial score (nSPS) is 15.0. The van der Waals surface area contributed by atoms with E-state index >= 15 is 0 Å². The summed E-state index contributed by atoms with van der Waals surface area (Å²) in [5.74, 6) is 0.376. The molecule has 0 unspecified atom stereocenters. The van der Waals surface area contributed by atoms with Crippen molar-refractivity contribution in [2.75, 3.05) is 13.7 Å². The summed E-state index contributed by atoms with van der Waals surface area (Å²) < 4.78 is 12.2. The van der Waals surface area contributed by atoms with Gasteiger partial charge in [0.2, 0.25) is 0 Å². The van der Waals surface area contributed by atoms with Crippen LogP contribution in [0.25, 0.3) is 0 Å². The topological polar surface area (TPSA) is 53.3 Å². The molecule has 0 fully saturated rings. The standard InChI is InChI=1S/C8H9BrN2O3/c1-13-8(12)6-7(9)10-5-4-14-3-2-11(5)6/h2-4H2,1H3. The molecule has 2 rings (SSSR count). The molecule has 2 heterocycles. The summed E-state index contributed by atoms with van der Waals surface area (Å²) in [6, 6.07) is 0. The minimum atomic E-state index is -0.377. The highest BCUT2D eigenvalue weighted by Gasteiger charge is 2.24. The Bertz CT molecular complexity index is 375. The van der Waals surface area contributed by atoms with Crippen molar-refractivity contribution in [3.8, 4) is 0 Å². The van der Waals surface area contributed by atoms with Crippen LogP contribution in [0, 0.1) is 0 Å². The Morgan fingerprint density at radius 2 is 2.50 bits per heavy atom. The Balaban J connectivity index is 2.47. The fourth-order valence-corrected chi connectivity index (χ4v) is 2.01. The van der Waals surface area contributed by atoms with Crippen molar-refractivity contribution in [3.05, 3.63) is 16.1 Å². The molecule has 0 saturated heterocycles. The molecule has 0 atom stereocenters. The molecular weight excluding hydrogens is 252 g/mol. The molecule has 0 N–H and O–H groups in total. The second-order valence-corrected chi connectivity index (χ2v) is 3.61. The van der Waals surface area contributed by atoms with E-state index in [9.17, 15) is 4.79 Å². The first kappa shape index (κ1) is 9.67. The Morgan fingerprint density at radius 1 is 1.71 bits per heavy atom. The van der Waals surface area contributed by atoms with Crippen LogP contribution in [0.4, 0.5) is 0 Å². The lowest BCUT2D eigenvalue weighted by Gasteiger charge is -2.15. The van der Waals surface area contributed by atoms with Crippen molar-refractivity contribution in [3.63, 3.8) is 0 Å². The van der Waals surface area contributed by atoms with E-state index in [1.165, 1.54) is 7.11 Å². The molecule has 1 aliphatic rings. The smallest absolute Gasteiger partial charge is 0.357 e. The molecule has 0 spiro atoms. The lowest BCUT2D eigenvalue weighted by Crippen LogP contribution is -2.21. The largest absolute Gasteiger partial charge is 0.464 e. The number of methoxy groups -OCH3 is 1. The molecular formula is C8H9BrN2O3. The predicted octanol–water partition coefficient (Wildman–Crippen LogP) is 0.962. The molecule has 0 aliphatic carbocycles. The molecule has 1 aromatic heterocycles. The third-order valence-electron chi connectivity index (χ3n) is 2.07. The summed E-state index contributed by atoms with van der Waals surface area (Å²) in [7, 11) is 1.36.